The van der Waals surface area contributed by atoms with Gasteiger partial charge in [0.15, 0.2) is 4.80 Å². The second-order valence-corrected chi connectivity index (χ2v) is 11.3. The van der Waals surface area contributed by atoms with Crippen LogP contribution in [0, 0.1) is 22.7 Å². The molecule has 0 spiro atoms. The average Bonchev–Trinajstić information content (AvgIpc) is 3.23. The molecule has 0 saturated heterocycles. The van der Waals surface area contributed by atoms with Crippen LogP contribution in [0.2, 0.25) is 0 Å². The SMILES string of the molecule is C=CCn1c(=NC(=O)c2ccc(S(=O)(=O)N(CCC#N)CCC#N)cc2)sc2cc(CCCC)ccc21. The van der Waals surface area contributed by atoms with E-state index in [1.54, 1.807) is 6.08 Å². The Kier molecular flexibility index (Phi) is 9.93. The molecule has 0 saturated carbocycles. The van der Waals surface area contributed by atoms with Crippen molar-refractivity contribution in [1.29, 1.82) is 10.5 Å². The van der Waals surface area contributed by atoms with Gasteiger partial charge < -0.3 is 4.57 Å². The summed E-state index contributed by atoms with van der Waals surface area (Å²) >= 11 is 1.43. The summed E-state index contributed by atoms with van der Waals surface area (Å²) in [6, 6.07) is 15.7. The molecule has 0 atom stereocenters. The number of nitrogens with zero attached hydrogens (tertiary/aromatic N) is 5. The van der Waals surface area contributed by atoms with E-state index in [1.165, 1.54) is 41.2 Å². The molecule has 0 bridgehead atoms. The highest BCUT2D eigenvalue weighted by Gasteiger charge is 2.24. The predicted molar refractivity (Wildman–Crippen MR) is 144 cm³/mol. The number of allylic oxidation sites excluding steroid dienone is 1. The summed E-state index contributed by atoms with van der Waals surface area (Å²) in [6.45, 7) is 6.47. The molecule has 1 heterocycles. The molecule has 2 aromatic carbocycles. The Labute approximate surface area is 221 Å². The Morgan fingerprint density at radius 1 is 1.14 bits per heavy atom. The van der Waals surface area contributed by atoms with Crippen LogP contribution in [0.5, 0.6) is 0 Å². The van der Waals surface area contributed by atoms with Gasteiger partial charge in [-0.2, -0.15) is 19.8 Å². The first-order chi connectivity index (χ1) is 17.8. The largest absolute Gasteiger partial charge is 0.312 e. The Hall–Kier alpha value is -3.57. The van der Waals surface area contributed by atoms with Crippen molar-refractivity contribution < 1.29 is 13.2 Å². The number of nitriles is 2. The number of unbranched alkanes of at least 4 members (excludes halogenated alkanes) is 1. The summed E-state index contributed by atoms with van der Waals surface area (Å²) < 4.78 is 30.1. The summed E-state index contributed by atoms with van der Waals surface area (Å²) in [5.41, 5.74) is 2.48. The van der Waals surface area contributed by atoms with Crippen molar-refractivity contribution in [2.24, 2.45) is 4.99 Å². The first-order valence-electron chi connectivity index (χ1n) is 12.0. The van der Waals surface area contributed by atoms with Gasteiger partial charge in [-0.1, -0.05) is 36.8 Å². The Morgan fingerprint density at radius 3 is 2.41 bits per heavy atom. The molecule has 8 nitrogen and oxygen atoms in total. The van der Waals surface area contributed by atoms with Crippen molar-refractivity contribution >= 4 is 37.5 Å². The van der Waals surface area contributed by atoms with E-state index in [2.05, 4.69) is 30.6 Å². The zero-order valence-corrected chi connectivity index (χ0v) is 22.4. The fraction of sp³-hybridized carbons (Fsp3) is 0.333. The number of amides is 1. The van der Waals surface area contributed by atoms with Crippen LogP contribution in [0.3, 0.4) is 0 Å². The summed E-state index contributed by atoms with van der Waals surface area (Å²) in [5.74, 6) is -0.481. The molecule has 192 valence electrons. The number of carbonyl (C=O) groups is 1. The normalized spacial score (nSPS) is 11.9. The van der Waals surface area contributed by atoms with Crippen LogP contribution < -0.4 is 4.80 Å². The Morgan fingerprint density at radius 2 is 1.81 bits per heavy atom. The lowest BCUT2D eigenvalue weighted by Gasteiger charge is -2.20. The topological polar surface area (TPSA) is 119 Å². The number of aryl methyl sites for hydroxylation is 1. The molecular weight excluding hydrogens is 506 g/mol. The summed E-state index contributed by atoms with van der Waals surface area (Å²) in [4.78, 5) is 17.9. The van der Waals surface area contributed by atoms with Gasteiger partial charge in [0.05, 0.1) is 27.3 Å². The van der Waals surface area contributed by atoms with Gasteiger partial charge in [0.25, 0.3) is 5.91 Å². The third kappa shape index (κ3) is 6.80. The lowest BCUT2D eigenvalue weighted by Crippen LogP contribution is -2.32. The quantitative estimate of drug-likeness (QED) is 0.309. The van der Waals surface area contributed by atoms with Gasteiger partial charge in [0, 0.05) is 38.0 Å². The Balaban J connectivity index is 1.92. The van der Waals surface area contributed by atoms with E-state index in [1.807, 2.05) is 22.8 Å². The third-order valence-electron chi connectivity index (χ3n) is 5.76. The van der Waals surface area contributed by atoms with E-state index in [9.17, 15) is 13.2 Å². The molecule has 1 aromatic heterocycles. The van der Waals surface area contributed by atoms with Gasteiger partial charge in [0.1, 0.15) is 0 Å². The Bertz CT molecular complexity index is 1500. The van der Waals surface area contributed by atoms with Crippen LogP contribution in [0.4, 0.5) is 0 Å². The van der Waals surface area contributed by atoms with Gasteiger partial charge >= 0.3 is 0 Å². The fourth-order valence-electron chi connectivity index (χ4n) is 3.82. The van der Waals surface area contributed by atoms with Crippen molar-refractivity contribution in [3.05, 3.63) is 71.0 Å². The van der Waals surface area contributed by atoms with Crippen LogP contribution >= 0.6 is 11.3 Å². The molecule has 3 aromatic rings. The minimum atomic E-state index is -3.91. The zero-order chi connectivity index (χ0) is 26.8. The molecular formula is C27H29N5O3S2. The maximum atomic E-state index is 13.0. The van der Waals surface area contributed by atoms with Gasteiger partial charge in [-0.05, 0) is 54.8 Å². The van der Waals surface area contributed by atoms with E-state index in [4.69, 9.17) is 10.5 Å². The fourth-order valence-corrected chi connectivity index (χ4v) is 6.36. The average molecular weight is 536 g/mol. The molecule has 0 radical (unpaired) electrons. The van der Waals surface area contributed by atoms with Crippen molar-refractivity contribution in [3.8, 4) is 12.1 Å². The predicted octanol–water partition coefficient (Wildman–Crippen LogP) is 4.79. The van der Waals surface area contributed by atoms with Crippen molar-refractivity contribution in [2.75, 3.05) is 13.1 Å². The van der Waals surface area contributed by atoms with E-state index in [-0.39, 0.29) is 36.4 Å². The smallest absolute Gasteiger partial charge is 0.279 e. The minimum Gasteiger partial charge on any atom is -0.312 e. The van der Waals surface area contributed by atoms with E-state index < -0.39 is 15.9 Å². The standard InChI is InChI=1S/C27H29N5O3S2/c1-3-5-8-21-9-14-24-25(20-21)36-27(32(24)17-4-2)30-26(33)22-10-12-23(13-11-22)37(34,35)31(18-6-15-28)19-7-16-29/h4,9-14,20H,2-3,5-8,17-19H2,1H3. The zero-order valence-electron chi connectivity index (χ0n) is 20.8. The third-order valence-corrected chi connectivity index (χ3v) is 8.71. The number of carbonyl (C=O) groups excluding carboxylic acids is 1. The van der Waals surface area contributed by atoms with Gasteiger partial charge in [-0.25, -0.2) is 8.42 Å². The molecule has 0 aliphatic heterocycles. The van der Waals surface area contributed by atoms with Gasteiger partial charge in [0.2, 0.25) is 10.0 Å². The monoisotopic (exact) mass is 535 g/mol. The first-order valence-corrected chi connectivity index (χ1v) is 14.3. The van der Waals surface area contributed by atoms with Gasteiger partial charge in [-0.3, -0.25) is 4.79 Å². The van der Waals surface area contributed by atoms with Crippen LogP contribution in [0.1, 0.15) is 48.5 Å². The van der Waals surface area contributed by atoms with Crippen molar-refractivity contribution in [1.82, 2.24) is 8.87 Å². The molecule has 1 amide bonds. The van der Waals surface area contributed by atoms with E-state index in [0.29, 0.717) is 11.3 Å². The minimum absolute atomic E-state index is 0.00801. The second kappa shape index (κ2) is 13.1. The highest BCUT2D eigenvalue weighted by Crippen LogP contribution is 2.21. The number of benzene rings is 2. The first kappa shape index (κ1) is 28.0. The lowest BCUT2D eigenvalue weighted by molar-refractivity contribution is 0.0997. The maximum Gasteiger partial charge on any atom is 0.279 e. The number of aromatic nitrogens is 1. The van der Waals surface area contributed by atoms with Crippen LogP contribution in [-0.4, -0.2) is 36.3 Å². The molecule has 10 heteroatoms. The number of fused-ring (bicyclic) bond motifs is 1. The van der Waals surface area contributed by atoms with Crippen LogP contribution in [0.25, 0.3) is 10.2 Å². The highest BCUT2D eigenvalue weighted by atomic mass is 32.2. The highest BCUT2D eigenvalue weighted by molar-refractivity contribution is 7.89. The van der Waals surface area contributed by atoms with E-state index >= 15 is 0 Å². The number of hydrogen-bond acceptors (Lipinski definition) is 6. The molecule has 0 aliphatic carbocycles. The van der Waals surface area contributed by atoms with E-state index in [0.717, 1.165) is 33.8 Å². The molecule has 0 aliphatic rings. The number of thiazole rings is 1. The summed E-state index contributed by atoms with van der Waals surface area (Å²) in [5, 5.41) is 17.7. The molecule has 0 N–H and O–H groups in total. The summed E-state index contributed by atoms with van der Waals surface area (Å²) in [6.07, 6.45) is 5.01. The maximum absolute atomic E-state index is 13.0. The second-order valence-electron chi connectivity index (χ2n) is 8.35. The van der Waals surface area contributed by atoms with Crippen LogP contribution in [-0.2, 0) is 23.0 Å². The number of hydrogen-bond donors (Lipinski definition) is 0. The van der Waals surface area contributed by atoms with Crippen molar-refractivity contribution in [3.63, 3.8) is 0 Å². The van der Waals surface area contributed by atoms with Crippen LogP contribution in [0.15, 0.2) is 65.0 Å². The molecule has 3 rings (SSSR count). The van der Waals surface area contributed by atoms with Gasteiger partial charge in [-0.15, -0.1) is 6.58 Å². The molecule has 0 fully saturated rings. The number of sulfonamides is 1. The summed E-state index contributed by atoms with van der Waals surface area (Å²) in [7, 11) is -3.91. The molecule has 0 unspecified atom stereocenters. The van der Waals surface area contributed by atoms with Crippen molar-refractivity contribution in [2.45, 2.75) is 50.5 Å². The number of rotatable bonds is 12. The lowest BCUT2D eigenvalue weighted by atomic mass is 10.1. The molecule has 37 heavy (non-hydrogen) atoms.